The standard InChI is InChI=1S/C22H26F2N2O/c1-25(22(27)19-8-4-9-20(23)14-19)15-17-6-5-12-26(16-17)13-11-18-7-2-3-10-21(18)24/h2-4,7-10,14,17H,5-6,11-13,15-16H2,1H3/t17-/m1/s1. The van der Waals surface area contributed by atoms with E-state index < -0.39 is 5.82 Å². The fourth-order valence-electron chi connectivity index (χ4n) is 3.80. The van der Waals surface area contributed by atoms with Crippen LogP contribution >= 0.6 is 0 Å². The van der Waals surface area contributed by atoms with Crippen molar-refractivity contribution in [1.82, 2.24) is 9.80 Å². The van der Waals surface area contributed by atoms with E-state index in [-0.39, 0.29) is 11.7 Å². The first-order valence-corrected chi connectivity index (χ1v) is 9.49. The van der Waals surface area contributed by atoms with Gasteiger partial charge in [-0.15, -0.1) is 0 Å². The third-order valence-electron chi connectivity index (χ3n) is 5.21. The number of hydrogen-bond donors (Lipinski definition) is 0. The second kappa shape index (κ2) is 9.09. The smallest absolute Gasteiger partial charge is 0.253 e. The highest BCUT2D eigenvalue weighted by atomic mass is 19.1. The van der Waals surface area contributed by atoms with E-state index in [1.807, 2.05) is 12.1 Å². The molecule has 0 bridgehead atoms. The summed E-state index contributed by atoms with van der Waals surface area (Å²) >= 11 is 0. The topological polar surface area (TPSA) is 23.6 Å². The fourth-order valence-corrected chi connectivity index (χ4v) is 3.80. The van der Waals surface area contributed by atoms with Gasteiger partial charge in [-0.2, -0.15) is 0 Å². The third-order valence-corrected chi connectivity index (χ3v) is 5.21. The van der Waals surface area contributed by atoms with Gasteiger partial charge in [0.1, 0.15) is 11.6 Å². The van der Waals surface area contributed by atoms with E-state index in [2.05, 4.69) is 4.90 Å². The van der Waals surface area contributed by atoms with Gasteiger partial charge >= 0.3 is 0 Å². The Morgan fingerprint density at radius 2 is 2.00 bits per heavy atom. The molecule has 1 aliphatic rings. The van der Waals surface area contributed by atoms with Crippen LogP contribution in [0, 0.1) is 17.6 Å². The first-order chi connectivity index (χ1) is 13.0. The van der Waals surface area contributed by atoms with Gasteiger partial charge in [-0.3, -0.25) is 4.79 Å². The SMILES string of the molecule is CN(C[C@H]1CCCN(CCc2ccccc2F)C1)C(=O)c1cccc(F)c1. The maximum Gasteiger partial charge on any atom is 0.253 e. The van der Waals surface area contributed by atoms with Gasteiger partial charge < -0.3 is 9.80 Å². The number of halogens is 2. The van der Waals surface area contributed by atoms with E-state index in [0.29, 0.717) is 24.4 Å². The molecule has 0 N–H and O–H groups in total. The van der Waals surface area contributed by atoms with Crippen molar-refractivity contribution < 1.29 is 13.6 Å². The molecular formula is C22H26F2N2O. The quantitative estimate of drug-likeness (QED) is 0.765. The molecular weight excluding hydrogens is 346 g/mol. The zero-order chi connectivity index (χ0) is 19.2. The van der Waals surface area contributed by atoms with Crippen molar-refractivity contribution >= 4 is 5.91 Å². The number of rotatable bonds is 6. The van der Waals surface area contributed by atoms with Gasteiger partial charge in [-0.05, 0) is 61.6 Å². The summed E-state index contributed by atoms with van der Waals surface area (Å²) in [7, 11) is 1.77. The molecule has 3 rings (SSSR count). The van der Waals surface area contributed by atoms with Crippen LogP contribution in [0.3, 0.4) is 0 Å². The maximum absolute atomic E-state index is 13.8. The molecule has 1 aliphatic heterocycles. The van der Waals surface area contributed by atoms with Gasteiger partial charge in [0.05, 0.1) is 0 Å². The van der Waals surface area contributed by atoms with Crippen molar-refractivity contribution in [2.75, 3.05) is 33.2 Å². The van der Waals surface area contributed by atoms with Crippen molar-refractivity contribution in [2.24, 2.45) is 5.92 Å². The molecule has 5 heteroatoms. The summed E-state index contributed by atoms with van der Waals surface area (Å²) in [6.45, 7) is 3.37. The Labute approximate surface area is 159 Å². The highest BCUT2D eigenvalue weighted by molar-refractivity contribution is 5.94. The van der Waals surface area contributed by atoms with Crippen molar-refractivity contribution in [3.8, 4) is 0 Å². The van der Waals surface area contributed by atoms with Gasteiger partial charge in [-0.1, -0.05) is 24.3 Å². The Hall–Kier alpha value is -2.27. The lowest BCUT2D eigenvalue weighted by Gasteiger charge is -2.34. The van der Waals surface area contributed by atoms with Crippen LogP contribution in [-0.2, 0) is 6.42 Å². The van der Waals surface area contributed by atoms with Gasteiger partial charge in [0.25, 0.3) is 5.91 Å². The van der Waals surface area contributed by atoms with Gasteiger partial charge in [0, 0.05) is 32.2 Å². The minimum atomic E-state index is -0.397. The average Bonchev–Trinajstić information content (AvgIpc) is 2.67. The predicted octanol–water partition coefficient (Wildman–Crippen LogP) is 3.99. The second-order valence-corrected chi connectivity index (χ2v) is 7.35. The molecule has 144 valence electrons. The molecule has 1 atom stereocenters. The van der Waals surface area contributed by atoms with Crippen molar-refractivity contribution in [3.63, 3.8) is 0 Å². The zero-order valence-electron chi connectivity index (χ0n) is 15.7. The summed E-state index contributed by atoms with van der Waals surface area (Å²) in [6, 6.07) is 12.7. The molecule has 1 saturated heterocycles. The van der Waals surface area contributed by atoms with Crippen molar-refractivity contribution in [1.29, 1.82) is 0 Å². The number of piperidine rings is 1. The molecule has 0 radical (unpaired) electrons. The summed E-state index contributed by atoms with van der Waals surface area (Å²) in [5.41, 5.74) is 1.13. The fraction of sp³-hybridized carbons (Fsp3) is 0.409. The summed E-state index contributed by atoms with van der Waals surface area (Å²) in [5.74, 6) is -0.322. The van der Waals surface area contributed by atoms with Gasteiger partial charge in [-0.25, -0.2) is 8.78 Å². The van der Waals surface area contributed by atoms with Crippen molar-refractivity contribution in [2.45, 2.75) is 19.3 Å². The van der Waals surface area contributed by atoms with Crippen LogP contribution in [-0.4, -0.2) is 48.9 Å². The van der Waals surface area contributed by atoms with Crippen LogP contribution in [0.25, 0.3) is 0 Å². The molecule has 27 heavy (non-hydrogen) atoms. The van der Waals surface area contributed by atoms with E-state index in [1.54, 1.807) is 30.1 Å². The predicted molar refractivity (Wildman–Crippen MR) is 103 cm³/mol. The lowest BCUT2D eigenvalue weighted by atomic mass is 9.96. The van der Waals surface area contributed by atoms with Crippen molar-refractivity contribution in [3.05, 3.63) is 71.3 Å². The second-order valence-electron chi connectivity index (χ2n) is 7.35. The lowest BCUT2D eigenvalue weighted by Crippen LogP contribution is -2.42. The van der Waals surface area contributed by atoms with E-state index in [9.17, 15) is 13.6 Å². The van der Waals surface area contributed by atoms with E-state index in [0.717, 1.165) is 38.0 Å². The van der Waals surface area contributed by atoms with Crippen LogP contribution in [0.15, 0.2) is 48.5 Å². The number of nitrogens with zero attached hydrogens (tertiary/aromatic N) is 2. The van der Waals surface area contributed by atoms with E-state index in [4.69, 9.17) is 0 Å². The van der Waals surface area contributed by atoms with Gasteiger partial charge in [0.15, 0.2) is 0 Å². The zero-order valence-corrected chi connectivity index (χ0v) is 15.7. The lowest BCUT2D eigenvalue weighted by molar-refractivity contribution is 0.0730. The van der Waals surface area contributed by atoms with Crippen LogP contribution in [0.4, 0.5) is 8.78 Å². The Balaban J connectivity index is 1.52. The highest BCUT2D eigenvalue weighted by Crippen LogP contribution is 2.19. The van der Waals surface area contributed by atoms with Crippen LogP contribution in [0.5, 0.6) is 0 Å². The molecule has 2 aromatic carbocycles. The Kier molecular flexibility index (Phi) is 6.56. The average molecular weight is 372 g/mol. The summed E-state index contributed by atoms with van der Waals surface area (Å²) in [6.07, 6.45) is 2.83. The molecule has 0 saturated carbocycles. The molecule has 1 fully saturated rings. The minimum absolute atomic E-state index is 0.147. The Morgan fingerprint density at radius 3 is 2.78 bits per heavy atom. The molecule has 0 unspecified atom stereocenters. The third kappa shape index (κ3) is 5.36. The minimum Gasteiger partial charge on any atom is -0.341 e. The summed E-state index contributed by atoms with van der Waals surface area (Å²) in [5, 5.41) is 0. The number of carbonyl (C=O) groups is 1. The first kappa shape index (κ1) is 19.5. The largest absolute Gasteiger partial charge is 0.341 e. The number of hydrogen-bond acceptors (Lipinski definition) is 2. The molecule has 2 aromatic rings. The van der Waals surface area contributed by atoms with Crippen LogP contribution in [0.1, 0.15) is 28.8 Å². The van der Waals surface area contributed by atoms with Gasteiger partial charge in [0.2, 0.25) is 0 Å². The van der Waals surface area contributed by atoms with Crippen LogP contribution < -0.4 is 0 Å². The Morgan fingerprint density at radius 1 is 1.19 bits per heavy atom. The normalized spacial score (nSPS) is 17.7. The summed E-state index contributed by atoms with van der Waals surface area (Å²) < 4.78 is 27.1. The monoisotopic (exact) mass is 372 g/mol. The summed E-state index contributed by atoms with van der Waals surface area (Å²) in [4.78, 5) is 16.5. The first-order valence-electron chi connectivity index (χ1n) is 9.49. The number of carbonyl (C=O) groups excluding carboxylic acids is 1. The van der Waals surface area contributed by atoms with Crippen LogP contribution in [0.2, 0.25) is 0 Å². The number of likely N-dealkylation sites (tertiary alicyclic amines) is 1. The van der Waals surface area contributed by atoms with E-state index >= 15 is 0 Å². The Bertz CT molecular complexity index is 780. The molecule has 0 aromatic heterocycles. The van der Waals surface area contributed by atoms with E-state index in [1.165, 1.54) is 18.2 Å². The highest BCUT2D eigenvalue weighted by Gasteiger charge is 2.23. The molecule has 0 spiro atoms. The molecule has 0 aliphatic carbocycles. The molecule has 3 nitrogen and oxygen atoms in total. The maximum atomic E-state index is 13.8. The number of amides is 1. The number of benzene rings is 2. The molecule has 1 heterocycles. The molecule has 1 amide bonds.